The summed E-state index contributed by atoms with van der Waals surface area (Å²) >= 11 is 0. The molecule has 1 fully saturated rings. The minimum atomic E-state index is -0.0291. The quantitative estimate of drug-likeness (QED) is 0.401. The van der Waals surface area contributed by atoms with Gasteiger partial charge >= 0.3 is 0 Å². The van der Waals surface area contributed by atoms with Crippen LogP contribution in [-0.2, 0) is 5.54 Å². The molecule has 1 heteroatoms. The fraction of sp³-hybridized carbons (Fsp3) is 0.667. The molecule has 1 aromatic carbocycles. The predicted molar refractivity (Wildman–Crippen MR) is 109 cm³/mol. The van der Waals surface area contributed by atoms with E-state index < -0.39 is 0 Å². The average molecular weight is 340 g/mol. The van der Waals surface area contributed by atoms with Crippen molar-refractivity contribution >= 4 is 0 Å². The van der Waals surface area contributed by atoms with Crippen LogP contribution < -0.4 is 5.73 Å². The van der Waals surface area contributed by atoms with E-state index in [0.29, 0.717) is 5.41 Å². The molecule has 25 heavy (non-hydrogen) atoms. The number of benzene rings is 1. The maximum absolute atomic E-state index is 6.21. The molecule has 1 aliphatic rings. The summed E-state index contributed by atoms with van der Waals surface area (Å²) in [4.78, 5) is 0. The van der Waals surface area contributed by atoms with Crippen molar-refractivity contribution in [3.8, 4) is 11.8 Å². The van der Waals surface area contributed by atoms with Gasteiger partial charge in [0, 0.05) is 17.5 Å². The van der Waals surface area contributed by atoms with Gasteiger partial charge < -0.3 is 5.73 Å². The minimum absolute atomic E-state index is 0.0291. The maximum Gasteiger partial charge on any atom is 0.0411 e. The Kier molecular flexibility index (Phi) is 7.57. The van der Waals surface area contributed by atoms with Crippen molar-refractivity contribution < 1.29 is 0 Å². The van der Waals surface area contributed by atoms with E-state index in [1.165, 1.54) is 56.9 Å². The molecular formula is C24H37N. The van der Waals surface area contributed by atoms with Gasteiger partial charge in [-0.1, -0.05) is 83.3 Å². The highest BCUT2D eigenvalue weighted by Crippen LogP contribution is 2.42. The molecule has 0 amide bonds. The number of rotatable bonds is 9. The molecule has 2 N–H and O–H groups in total. The van der Waals surface area contributed by atoms with Crippen molar-refractivity contribution in [3.05, 3.63) is 35.4 Å². The standard InChI is InChI=1S/C24H37N/c1-23(2,3)18-12-10-8-6-4-5-7-9-11-13-21-14-16-22(17-15-21)24(25)19-20-24/h14-17H,4-10,12,18-20,25H2,1-3H3. The SMILES string of the molecule is CC(C)(C)CCCCCCCCCC#Cc1ccc(C2(N)CC2)cc1. The zero-order valence-electron chi connectivity index (χ0n) is 16.7. The topological polar surface area (TPSA) is 26.0 Å². The summed E-state index contributed by atoms with van der Waals surface area (Å²) in [6, 6.07) is 8.53. The van der Waals surface area contributed by atoms with E-state index in [1.54, 1.807) is 0 Å². The Balaban J connectivity index is 1.49. The highest BCUT2D eigenvalue weighted by Gasteiger charge is 2.39. The van der Waals surface area contributed by atoms with Crippen LogP contribution >= 0.6 is 0 Å². The Morgan fingerprint density at radius 3 is 2.00 bits per heavy atom. The molecule has 1 aromatic rings. The number of nitrogens with two attached hydrogens (primary N) is 1. The molecule has 1 saturated carbocycles. The van der Waals surface area contributed by atoms with Gasteiger partial charge in [0.2, 0.25) is 0 Å². The first-order valence-electron chi connectivity index (χ1n) is 10.3. The molecule has 0 unspecified atom stereocenters. The molecule has 1 aliphatic carbocycles. The number of hydrogen-bond donors (Lipinski definition) is 1. The monoisotopic (exact) mass is 339 g/mol. The van der Waals surface area contributed by atoms with Crippen LogP contribution in [0.3, 0.4) is 0 Å². The largest absolute Gasteiger partial charge is 0.321 e. The first-order valence-corrected chi connectivity index (χ1v) is 10.3. The van der Waals surface area contributed by atoms with Gasteiger partial charge in [-0.3, -0.25) is 0 Å². The van der Waals surface area contributed by atoms with Gasteiger partial charge in [-0.2, -0.15) is 0 Å². The maximum atomic E-state index is 6.21. The third-order valence-corrected chi connectivity index (χ3v) is 5.21. The Morgan fingerprint density at radius 1 is 0.880 bits per heavy atom. The highest BCUT2D eigenvalue weighted by atomic mass is 14.8. The summed E-state index contributed by atoms with van der Waals surface area (Å²) in [6.07, 6.45) is 14.1. The molecule has 2 rings (SSSR count). The molecular weight excluding hydrogens is 302 g/mol. The van der Waals surface area contributed by atoms with E-state index in [9.17, 15) is 0 Å². The van der Waals surface area contributed by atoms with Gasteiger partial charge in [0.15, 0.2) is 0 Å². The van der Waals surface area contributed by atoms with Gasteiger partial charge in [0.25, 0.3) is 0 Å². The molecule has 0 spiro atoms. The first-order chi connectivity index (χ1) is 11.9. The van der Waals surface area contributed by atoms with E-state index in [1.807, 2.05) is 0 Å². The zero-order valence-corrected chi connectivity index (χ0v) is 16.7. The van der Waals surface area contributed by atoms with Crippen LogP contribution in [0.2, 0.25) is 0 Å². The molecule has 0 aliphatic heterocycles. The molecule has 1 nitrogen and oxygen atoms in total. The lowest BCUT2D eigenvalue weighted by atomic mass is 9.89. The number of hydrogen-bond acceptors (Lipinski definition) is 1. The minimum Gasteiger partial charge on any atom is -0.321 e. The second-order valence-corrected chi connectivity index (χ2v) is 9.07. The summed E-state index contributed by atoms with van der Waals surface area (Å²) < 4.78 is 0. The van der Waals surface area contributed by atoms with E-state index in [4.69, 9.17) is 5.73 Å². The molecule has 138 valence electrons. The van der Waals surface area contributed by atoms with Crippen LogP contribution in [0.25, 0.3) is 0 Å². The van der Waals surface area contributed by atoms with Gasteiger partial charge in [-0.25, -0.2) is 0 Å². The summed E-state index contributed by atoms with van der Waals surface area (Å²) in [7, 11) is 0. The fourth-order valence-electron chi connectivity index (χ4n) is 3.23. The fourth-order valence-corrected chi connectivity index (χ4v) is 3.23. The van der Waals surface area contributed by atoms with E-state index in [2.05, 4.69) is 56.9 Å². The van der Waals surface area contributed by atoms with E-state index in [0.717, 1.165) is 24.8 Å². The third-order valence-electron chi connectivity index (χ3n) is 5.21. The molecule has 0 aromatic heterocycles. The summed E-state index contributed by atoms with van der Waals surface area (Å²) in [5, 5.41) is 0. The van der Waals surface area contributed by atoms with Crippen LogP contribution in [-0.4, -0.2) is 0 Å². The Hall–Kier alpha value is -1.26. The van der Waals surface area contributed by atoms with Crippen molar-refractivity contribution in [2.75, 3.05) is 0 Å². The molecule has 0 bridgehead atoms. The lowest BCUT2D eigenvalue weighted by Gasteiger charge is -2.17. The Morgan fingerprint density at radius 2 is 1.44 bits per heavy atom. The predicted octanol–water partition coefficient (Wildman–Crippen LogP) is 6.54. The van der Waals surface area contributed by atoms with Crippen molar-refractivity contribution in [2.24, 2.45) is 11.1 Å². The Bertz CT molecular complexity index is 561. The smallest absolute Gasteiger partial charge is 0.0411 e. The molecule has 0 atom stereocenters. The van der Waals surface area contributed by atoms with Crippen molar-refractivity contribution in [1.82, 2.24) is 0 Å². The molecule has 0 heterocycles. The second-order valence-electron chi connectivity index (χ2n) is 9.07. The molecule has 0 radical (unpaired) electrons. The lowest BCUT2D eigenvalue weighted by molar-refractivity contribution is 0.356. The van der Waals surface area contributed by atoms with Gasteiger partial charge in [-0.05, 0) is 48.8 Å². The van der Waals surface area contributed by atoms with Gasteiger partial charge in [-0.15, -0.1) is 0 Å². The normalized spacial score (nSPS) is 15.5. The van der Waals surface area contributed by atoms with E-state index in [-0.39, 0.29) is 5.54 Å². The van der Waals surface area contributed by atoms with Crippen molar-refractivity contribution in [3.63, 3.8) is 0 Å². The first kappa shape index (κ1) is 20.1. The summed E-state index contributed by atoms with van der Waals surface area (Å²) in [5.41, 5.74) is 9.06. The van der Waals surface area contributed by atoms with Crippen LogP contribution in [0.4, 0.5) is 0 Å². The third kappa shape index (κ3) is 8.10. The summed E-state index contributed by atoms with van der Waals surface area (Å²) in [5.74, 6) is 6.61. The lowest BCUT2D eigenvalue weighted by Crippen LogP contribution is -2.18. The number of unbranched alkanes of at least 4 members (excludes halogenated alkanes) is 7. The zero-order chi connectivity index (χ0) is 18.2. The van der Waals surface area contributed by atoms with Crippen LogP contribution in [0.5, 0.6) is 0 Å². The average Bonchev–Trinajstić information content (AvgIpc) is 3.31. The van der Waals surface area contributed by atoms with Crippen LogP contribution in [0.1, 0.15) is 103 Å². The highest BCUT2D eigenvalue weighted by molar-refractivity contribution is 5.39. The van der Waals surface area contributed by atoms with Crippen molar-refractivity contribution in [1.29, 1.82) is 0 Å². The van der Waals surface area contributed by atoms with Crippen molar-refractivity contribution in [2.45, 2.75) is 96.9 Å². The van der Waals surface area contributed by atoms with Gasteiger partial charge in [0.05, 0.1) is 0 Å². The van der Waals surface area contributed by atoms with E-state index >= 15 is 0 Å². The van der Waals surface area contributed by atoms with Crippen LogP contribution in [0, 0.1) is 17.3 Å². The summed E-state index contributed by atoms with van der Waals surface area (Å²) in [6.45, 7) is 7.01. The second kappa shape index (κ2) is 9.44. The van der Waals surface area contributed by atoms with Crippen LogP contribution in [0.15, 0.2) is 24.3 Å². The molecule has 0 saturated heterocycles. The van der Waals surface area contributed by atoms with Gasteiger partial charge in [0.1, 0.15) is 0 Å². The Labute approximate surface area is 155 Å².